The number of benzene rings is 1. The molecule has 0 unspecified atom stereocenters. The minimum atomic E-state index is -0.0573. The van der Waals surface area contributed by atoms with Gasteiger partial charge in [-0.05, 0) is 31.9 Å². The molecule has 0 bridgehead atoms. The fraction of sp³-hybridized carbons (Fsp3) is 0.316. The third-order valence-electron chi connectivity index (χ3n) is 4.57. The smallest absolute Gasteiger partial charge is 0.240 e. The summed E-state index contributed by atoms with van der Waals surface area (Å²) in [6, 6.07) is 7.76. The molecule has 0 aliphatic carbocycles. The van der Waals surface area contributed by atoms with Crippen LogP contribution in [0.25, 0.3) is 16.6 Å². The number of carbonyl (C=O) groups is 1. The van der Waals surface area contributed by atoms with Crippen molar-refractivity contribution in [3.8, 4) is 0 Å². The van der Waals surface area contributed by atoms with E-state index in [1.165, 1.54) is 0 Å². The molecule has 138 valence electrons. The average Bonchev–Trinajstić information content (AvgIpc) is 3.30. The SMILES string of the molecule is CC1=C(c2n[nH]c(CCNC(=O)Cn3cnc4ccccc43)n2)CCC=N1. The normalized spacial score (nSPS) is 14.1. The van der Waals surface area contributed by atoms with Gasteiger partial charge in [0.2, 0.25) is 5.91 Å². The van der Waals surface area contributed by atoms with Crippen molar-refractivity contribution in [2.45, 2.75) is 32.7 Å². The van der Waals surface area contributed by atoms with E-state index in [1.54, 1.807) is 6.33 Å². The summed E-state index contributed by atoms with van der Waals surface area (Å²) in [5.74, 6) is 1.40. The quantitative estimate of drug-likeness (QED) is 0.700. The first-order chi connectivity index (χ1) is 13.2. The standard InChI is InChI=1S/C19H21N7O/c1-13-14(5-4-9-20-13)19-23-17(24-25-19)8-10-21-18(27)11-26-12-22-15-6-2-3-7-16(15)26/h2-3,6-7,9,12H,4-5,8,10-11H2,1H3,(H,21,27)(H,23,24,25). The van der Waals surface area contributed by atoms with E-state index < -0.39 is 0 Å². The summed E-state index contributed by atoms with van der Waals surface area (Å²) < 4.78 is 1.84. The van der Waals surface area contributed by atoms with E-state index >= 15 is 0 Å². The number of carbonyl (C=O) groups excluding carboxylic acids is 1. The van der Waals surface area contributed by atoms with Gasteiger partial charge in [-0.1, -0.05) is 12.1 Å². The van der Waals surface area contributed by atoms with Crippen molar-refractivity contribution in [3.05, 3.63) is 47.9 Å². The molecule has 0 atom stereocenters. The van der Waals surface area contributed by atoms with Crippen LogP contribution in [-0.2, 0) is 17.8 Å². The first-order valence-corrected chi connectivity index (χ1v) is 9.01. The lowest BCUT2D eigenvalue weighted by Gasteiger charge is -2.08. The number of imidazole rings is 1. The zero-order valence-corrected chi connectivity index (χ0v) is 15.1. The molecule has 8 nitrogen and oxygen atoms in total. The van der Waals surface area contributed by atoms with Crippen molar-refractivity contribution in [2.75, 3.05) is 6.54 Å². The van der Waals surface area contributed by atoms with Crippen molar-refractivity contribution >= 4 is 28.7 Å². The van der Waals surface area contributed by atoms with Crippen molar-refractivity contribution in [1.82, 2.24) is 30.0 Å². The number of nitrogens with zero attached hydrogens (tertiary/aromatic N) is 5. The van der Waals surface area contributed by atoms with Gasteiger partial charge in [-0.3, -0.25) is 14.9 Å². The Labute approximate surface area is 156 Å². The molecule has 0 radical (unpaired) electrons. The number of allylic oxidation sites excluding steroid dienone is 2. The van der Waals surface area contributed by atoms with E-state index in [9.17, 15) is 4.79 Å². The lowest BCUT2D eigenvalue weighted by Crippen LogP contribution is -2.29. The maximum Gasteiger partial charge on any atom is 0.240 e. The summed E-state index contributed by atoms with van der Waals surface area (Å²) in [5, 5.41) is 10.2. The fourth-order valence-corrected chi connectivity index (χ4v) is 3.15. The highest BCUT2D eigenvalue weighted by Gasteiger charge is 2.14. The number of aliphatic imine (C=N–C) groups is 1. The monoisotopic (exact) mass is 363 g/mol. The highest BCUT2D eigenvalue weighted by Crippen LogP contribution is 2.24. The van der Waals surface area contributed by atoms with E-state index in [0.717, 1.165) is 41.0 Å². The molecule has 0 fully saturated rings. The van der Waals surface area contributed by atoms with E-state index in [0.29, 0.717) is 18.8 Å². The predicted molar refractivity (Wildman–Crippen MR) is 103 cm³/mol. The minimum Gasteiger partial charge on any atom is -0.354 e. The van der Waals surface area contributed by atoms with Gasteiger partial charge in [-0.25, -0.2) is 9.97 Å². The van der Waals surface area contributed by atoms with Crippen LogP contribution in [0.15, 0.2) is 41.3 Å². The molecule has 2 aromatic heterocycles. The van der Waals surface area contributed by atoms with Crippen molar-refractivity contribution in [3.63, 3.8) is 0 Å². The number of H-pyrrole nitrogens is 1. The largest absolute Gasteiger partial charge is 0.354 e. The Morgan fingerprint density at radius 2 is 2.22 bits per heavy atom. The topological polar surface area (TPSA) is 101 Å². The van der Waals surface area contributed by atoms with E-state index in [-0.39, 0.29) is 12.5 Å². The first kappa shape index (κ1) is 17.1. The predicted octanol–water partition coefficient (Wildman–Crippen LogP) is 2.11. The van der Waals surface area contributed by atoms with Crippen LogP contribution in [0.4, 0.5) is 0 Å². The lowest BCUT2D eigenvalue weighted by molar-refractivity contribution is -0.121. The molecule has 3 heterocycles. The van der Waals surface area contributed by atoms with E-state index in [1.807, 2.05) is 42.0 Å². The van der Waals surface area contributed by atoms with Gasteiger partial charge in [0.15, 0.2) is 5.82 Å². The number of nitrogens with one attached hydrogen (secondary N) is 2. The third kappa shape index (κ3) is 3.79. The Kier molecular flexibility index (Phi) is 4.78. The van der Waals surface area contributed by atoms with Gasteiger partial charge in [0.05, 0.1) is 17.4 Å². The maximum absolute atomic E-state index is 12.2. The number of aromatic nitrogens is 5. The molecule has 0 spiro atoms. The number of fused-ring (bicyclic) bond motifs is 1. The molecule has 8 heteroatoms. The molecule has 2 N–H and O–H groups in total. The third-order valence-corrected chi connectivity index (χ3v) is 4.57. The number of aromatic amines is 1. The second-order valence-electron chi connectivity index (χ2n) is 6.48. The maximum atomic E-state index is 12.2. The van der Waals surface area contributed by atoms with Crippen molar-refractivity contribution in [2.24, 2.45) is 4.99 Å². The highest BCUT2D eigenvalue weighted by molar-refractivity contribution is 5.80. The molecule has 0 saturated carbocycles. The summed E-state index contributed by atoms with van der Waals surface area (Å²) in [5.41, 5.74) is 3.88. The van der Waals surface area contributed by atoms with Gasteiger partial charge in [0.1, 0.15) is 12.4 Å². The van der Waals surface area contributed by atoms with Crippen molar-refractivity contribution < 1.29 is 4.79 Å². The number of para-hydroxylation sites is 2. The van der Waals surface area contributed by atoms with Gasteiger partial charge in [-0.15, -0.1) is 0 Å². The van der Waals surface area contributed by atoms with Gasteiger partial charge in [0, 0.05) is 30.5 Å². The zero-order valence-electron chi connectivity index (χ0n) is 15.1. The van der Waals surface area contributed by atoms with Crippen LogP contribution in [0.5, 0.6) is 0 Å². The minimum absolute atomic E-state index is 0.0573. The van der Waals surface area contributed by atoms with Gasteiger partial charge < -0.3 is 9.88 Å². The van der Waals surface area contributed by atoms with Crippen LogP contribution in [0, 0.1) is 0 Å². The van der Waals surface area contributed by atoms with Gasteiger partial charge >= 0.3 is 0 Å². The molecule has 27 heavy (non-hydrogen) atoms. The summed E-state index contributed by atoms with van der Waals surface area (Å²) in [6.45, 7) is 2.71. The summed E-state index contributed by atoms with van der Waals surface area (Å²) in [4.78, 5) is 25.4. The lowest BCUT2D eigenvalue weighted by atomic mass is 10.1. The van der Waals surface area contributed by atoms with E-state index in [4.69, 9.17) is 0 Å². The number of hydrogen-bond donors (Lipinski definition) is 2. The number of rotatable bonds is 6. The van der Waals surface area contributed by atoms with Crippen LogP contribution in [0.2, 0.25) is 0 Å². The number of amides is 1. The number of hydrogen-bond acceptors (Lipinski definition) is 5. The molecule has 1 aliphatic heterocycles. The Hall–Kier alpha value is -3.29. The summed E-state index contributed by atoms with van der Waals surface area (Å²) >= 11 is 0. The molecular weight excluding hydrogens is 342 g/mol. The highest BCUT2D eigenvalue weighted by atomic mass is 16.1. The molecule has 4 rings (SSSR count). The van der Waals surface area contributed by atoms with Crippen molar-refractivity contribution in [1.29, 1.82) is 0 Å². The molecule has 1 aromatic carbocycles. The molecule has 1 aliphatic rings. The second kappa shape index (κ2) is 7.53. The average molecular weight is 363 g/mol. The Balaban J connectivity index is 1.31. The second-order valence-corrected chi connectivity index (χ2v) is 6.48. The summed E-state index contributed by atoms with van der Waals surface area (Å²) in [6.07, 6.45) is 6.03. The Morgan fingerprint density at radius 1 is 1.33 bits per heavy atom. The van der Waals surface area contributed by atoms with Crippen LogP contribution in [0.1, 0.15) is 31.4 Å². The Morgan fingerprint density at radius 3 is 3.11 bits per heavy atom. The van der Waals surface area contributed by atoms with Gasteiger partial charge in [-0.2, -0.15) is 5.10 Å². The first-order valence-electron chi connectivity index (χ1n) is 9.01. The molecule has 0 saturated heterocycles. The fourth-order valence-electron chi connectivity index (χ4n) is 3.15. The van der Waals surface area contributed by atoms with Crippen LogP contribution in [0.3, 0.4) is 0 Å². The Bertz CT molecular complexity index is 1030. The molecule has 1 amide bonds. The van der Waals surface area contributed by atoms with Crippen LogP contribution >= 0.6 is 0 Å². The van der Waals surface area contributed by atoms with E-state index in [2.05, 4.69) is 30.5 Å². The van der Waals surface area contributed by atoms with Crippen LogP contribution in [-0.4, -0.2) is 43.4 Å². The summed E-state index contributed by atoms with van der Waals surface area (Å²) in [7, 11) is 0. The van der Waals surface area contributed by atoms with Gasteiger partial charge in [0.25, 0.3) is 0 Å². The molecule has 3 aromatic rings. The molecular formula is C19H21N7O. The zero-order chi connectivity index (χ0) is 18.6. The van der Waals surface area contributed by atoms with Crippen LogP contribution < -0.4 is 5.32 Å².